The SMILES string of the molecule is [2H]C1([2H])C(/C=C/[C@]2(C(F)(F)F)NC(=O)Nc3ccc(Cl)cc32)C1([2H])[2H]. The first kappa shape index (κ1) is 10.1. The lowest BCUT2D eigenvalue weighted by molar-refractivity contribution is -0.181. The van der Waals surface area contributed by atoms with E-state index in [1.165, 1.54) is 12.1 Å². The molecule has 1 fully saturated rings. The summed E-state index contributed by atoms with van der Waals surface area (Å²) in [4.78, 5) is 11.8. The minimum Gasteiger partial charge on any atom is -0.316 e. The Balaban J connectivity index is 2.14. The van der Waals surface area contributed by atoms with E-state index in [0.29, 0.717) is 6.08 Å². The molecule has 1 saturated carbocycles. The Morgan fingerprint density at radius 1 is 1.43 bits per heavy atom. The van der Waals surface area contributed by atoms with Crippen LogP contribution in [0.25, 0.3) is 0 Å². The number of hydrogen-bond donors (Lipinski definition) is 2. The molecule has 1 aromatic carbocycles. The largest absolute Gasteiger partial charge is 0.419 e. The second-order valence-corrected chi connectivity index (χ2v) is 5.14. The molecule has 2 N–H and O–H groups in total. The Kier molecular flexibility index (Phi) is 2.24. The van der Waals surface area contributed by atoms with Gasteiger partial charge in [-0.25, -0.2) is 4.79 Å². The zero-order valence-electron chi connectivity index (χ0n) is 14.4. The second-order valence-electron chi connectivity index (χ2n) is 4.70. The molecule has 0 spiro atoms. The topological polar surface area (TPSA) is 41.1 Å². The maximum Gasteiger partial charge on any atom is 0.419 e. The van der Waals surface area contributed by atoms with Crippen molar-refractivity contribution in [2.45, 2.75) is 24.5 Å². The van der Waals surface area contributed by atoms with Crippen molar-refractivity contribution in [3.8, 4) is 0 Å². The fourth-order valence-corrected chi connectivity index (χ4v) is 2.36. The van der Waals surface area contributed by atoms with Crippen molar-refractivity contribution in [1.29, 1.82) is 0 Å². The number of allylic oxidation sites excluding steroid dienone is 1. The van der Waals surface area contributed by atoms with Gasteiger partial charge in [-0.2, -0.15) is 13.2 Å². The number of alkyl halides is 3. The van der Waals surface area contributed by atoms with E-state index in [1.54, 1.807) is 0 Å². The molecule has 3 nitrogen and oxygen atoms in total. The van der Waals surface area contributed by atoms with Crippen LogP contribution in [-0.4, -0.2) is 12.2 Å². The molecule has 0 unspecified atom stereocenters. The molecule has 1 aromatic rings. The number of hydrogen-bond acceptors (Lipinski definition) is 1. The molecule has 3 rings (SSSR count). The normalized spacial score (nSPS) is 33.0. The Labute approximate surface area is 129 Å². The summed E-state index contributed by atoms with van der Waals surface area (Å²) in [6.07, 6.45) is -8.10. The van der Waals surface area contributed by atoms with Crippen LogP contribution in [0.15, 0.2) is 30.4 Å². The van der Waals surface area contributed by atoms with Gasteiger partial charge < -0.3 is 10.6 Å². The van der Waals surface area contributed by atoms with Crippen LogP contribution < -0.4 is 10.6 Å². The number of nitrogens with one attached hydrogen (secondary N) is 2. The van der Waals surface area contributed by atoms with Gasteiger partial charge in [-0.05, 0) is 42.9 Å². The number of anilines is 1. The third-order valence-corrected chi connectivity index (χ3v) is 3.50. The van der Waals surface area contributed by atoms with Crippen LogP contribution in [0.4, 0.5) is 23.7 Å². The first-order valence-electron chi connectivity index (χ1n) is 7.98. The third-order valence-electron chi connectivity index (χ3n) is 3.26. The van der Waals surface area contributed by atoms with Crippen LogP contribution in [0, 0.1) is 5.92 Å². The molecule has 0 aromatic heterocycles. The highest BCUT2D eigenvalue weighted by atomic mass is 35.5. The number of urea groups is 1. The van der Waals surface area contributed by atoms with Crippen molar-refractivity contribution in [2.75, 3.05) is 5.32 Å². The number of rotatable bonds is 2. The Hall–Kier alpha value is -1.69. The van der Waals surface area contributed by atoms with Crippen LogP contribution in [0.3, 0.4) is 0 Å². The highest BCUT2D eigenvalue weighted by Gasteiger charge is 2.58. The minimum absolute atomic E-state index is 0.0239. The molecule has 1 aliphatic carbocycles. The predicted octanol–water partition coefficient (Wildman–Crippen LogP) is 4.20. The van der Waals surface area contributed by atoms with Crippen LogP contribution in [0.5, 0.6) is 0 Å². The second kappa shape index (κ2) is 4.66. The average Bonchev–Trinajstić information content (AvgIpc) is 2.85. The van der Waals surface area contributed by atoms with Gasteiger partial charge in [0.05, 0.1) is 0 Å². The van der Waals surface area contributed by atoms with Crippen molar-refractivity contribution >= 4 is 23.3 Å². The molecule has 0 saturated heterocycles. The molecule has 2 amide bonds. The number of fused-ring (bicyclic) bond motifs is 1. The zero-order chi connectivity index (χ0) is 18.8. The van der Waals surface area contributed by atoms with Crippen molar-refractivity contribution in [2.24, 2.45) is 5.92 Å². The van der Waals surface area contributed by atoms with Gasteiger partial charge in [0.15, 0.2) is 5.54 Å². The van der Waals surface area contributed by atoms with E-state index in [1.807, 2.05) is 5.32 Å². The van der Waals surface area contributed by atoms with Gasteiger partial charge in [-0.1, -0.05) is 17.7 Å². The number of carbonyl (C=O) groups excluding carboxylic acids is 1. The molecular formula is C14H12ClF3N2O. The lowest BCUT2D eigenvalue weighted by Crippen LogP contribution is -2.58. The number of carbonyl (C=O) groups is 1. The maximum absolute atomic E-state index is 13.9. The van der Waals surface area contributed by atoms with Gasteiger partial charge >= 0.3 is 12.2 Å². The van der Waals surface area contributed by atoms with Gasteiger partial charge in [-0.15, -0.1) is 0 Å². The molecule has 0 radical (unpaired) electrons. The van der Waals surface area contributed by atoms with Gasteiger partial charge in [0.2, 0.25) is 0 Å². The summed E-state index contributed by atoms with van der Waals surface area (Å²) >= 11 is 5.80. The van der Waals surface area contributed by atoms with E-state index in [4.69, 9.17) is 17.1 Å². The average molecular weight is 321 g/mol. The van der Waals surface area contributed by atoms with Crippen molar-refractivity contribution < 1.29 is 23.4 Å². The first-order chi connectivity index (χ1) is 11.3. The molecule has 1 atom stereocenters. The van der Waals surface area contributed by atoms with Gasteiger partial charge in [0.25, 0.3) is 0 Å². The maximum atomic E-state index is 13.9. The van der Waals surface area contributed by atoms with E-state index < -0.39 is 36.4 Å². The number of halogens is 4. The predicted molar refractivity (Wildman–Crippen MR) is 73.2 cm³/mol. The van der Waals surface area contributed by atoms with E-state index in [0.717, 1.165) is 12.1 Å². The Bertz CT molecular complexity index is 770. The van der Waals surface area contributed by atoms with Crippen molar-refractivity contribution in [3.05, 3.63) is 40.9 Å². The fourth-order valence-electron chi connectivity index (χ4n) is 2.19. The monoisotopic (exact) mass is 320 g/mol. The minimum atomic E-state index is -4.96. The number of amides is 2. The van der Waals surface area contributed by atoms with E-state index in [-0.39, 0.29) is 16.3 Å². The molecule has 21 heavy (non-hydrogen) atoms. The van der Waals surface area contributed by atoms with Gasteiger partial charge in [0, 0.05) is 21.8 Å². The van der Waals surface area contributed by atoms with E-state index in [9.17, 15) is 18.0 Å². The van der Waals surface area contributed by atoms with E-state index in [2.05, 4.69) is 5.32 Å². The van der Waals surface area contributed by atoms with Crippen LogP contribution in [0.1, 0.15) is 23.8 Å². The summed E-state index contributed by atoms with van der Waals surface area (Å²) in [5.41, 5.74) is -3.38. The zero-order valence-corrected chi connectivity index (χ0v) is 11.1. The Morgan fingerprint density at radius 3 is 2.76 bits per heavy atom. The molecule has 112 valence electrons. The quantitative estimate of drug-likeness (QED) is 0.788. The summed E-state index contributed by atoms with van der Waals surface area (Å²) in [5, 5.41) is 4.11. The summed E-state index contributed by atoms with van der Waals surface area (Å²) in [5.74, 6) is -1.35. The van der Waals surface area contributed by atoms with Crippen molar-refractivity contribution in [3.63, 3.8) is 0 Å². The summed E-state index contributed by atoms with van der Waals surface area (Å²) < 4.78 is 71.7. The summed E-state index contributed by atoms with van der Waals surface area (Å²) in [6.45, 7) is 0. The molecule has 1 aliphatic heterocycles. The van der Waals surface area contributed by atoms with Gasteiger partial charge in [0.1, 0.15) is 0 Å². The molecule has 7 heteroatoms. The molecular weight excluding hydrogens is 305 g/mol. The highest BCUT2D eigenvalue weighted by Crippen LogP contribution is 2.46. The smallest absolute Gasteiger partial charge is 0.316 e. The first-order valence-corrected chi connectivity index (χ1v) is 6.36. The lowest BCUT2D eigenvalue weighted by Gasteiger charge is -2.39. The Morgan fingerprint density at radius 2 is 2.14 bits per heavy atom. The molecule has 0 bridgehead atoms. The standard InChI is InChI=1S/C14H12ClF3N2O/c15-9-3-4-11-10(7-9)13(14(16,17)18,20-12(21)19-11)6-5-8-1-2-8/h3-8H,1-2H2,(H2,19,20,21)/b6-5+/t13-/m0/s1/i1D2,2D2. The highest BCUT2D eigenvalue weighted by molar-refractivity contribution is 6.30. The van der Waals surface area contributed by atoms with Crippen LogP contribution >= 0.6 is 11.6 Å². The summed E-state index contributed by atoms with van der Waals surface area (Å²) in [6, 6.07) is 2.53. The third kappa shape index (κ3) is 2.48. The van der Waals surface area contributed by atoms with E-state index >= 15 is 0 Å². The van der Waals surface area contributed by atoms with Crippen LogP contribution in [-0.2, 0) is 5.54 Å². The van der Waals surface area contributed by atoms with Crippen molar-refractivity contribution in [1.82, 2.24) is 5.32 Å². The lowest BCUT2D eigenvalue weighted by atomic mass is 9.85. The summed E-state index contributed by atoms with van der Waals surface area (Å²) in [7, 11) is 0. The van der Waals surface area contributed by atoms with Crippen LogP contribution in [0.2, 0.25) is 5.02 Å². The number of benzene rings is 1. The van der Waals surface area contributed by atoms with Gasteiger partial charge in [-0.3, -0.25) is 0 Å². The molecule has 2 aliphatic rings. The fraction of sp³-hybridized carbons (Fsp3) is 0.357. The molecule has 1 heterocycles.